The summed E-state index contributed by atoms with van der Waals surface area (Å²) in [7, 11) is 1.80. The van der Waals surface area contributed by atoms with Gasteiger partial charge >= 0.3 is 0 Å². The standard InChI is InChI=1S/C12H17N5O/c1-4-11-10(5-8(2)13-15-11)12(18)6-9-7-17(3)16-14-9/h5,7,12,18H,4,6H2,1-3H3. The molecule has 0 radical (unpaired) electrons. The summed E-state index contributed by atoms with van der Waals surface area (Å²) >= 11 is 0. The summed E-state index contributed by atoms with van der Waals surface area (Å²) in [6.07, 6.45) is 2.37. The zero-order chi connectivity index (χ0) is 13.1. The van der Waals surface area contributed by atoms with E-state index >= 15 is 0 Å². The molecule has 0 amide bonds. The van der Waals surface area contributed by atoms with Crippen LogP contribution >= 0.6 is 0 Å². The topological polar surface area (TPSA) is 76.7 Å². The van der Waals surface area contributed by atoms with Gasteiger partial charge in [0, 0.05) is 25.2 Å². The summed E-state index contributed by atoms with van der Waals surface area (Å²) in [5.41, 5.74) is 3.23. The summed E-state index contributed by atoms with van der Waals surface area (Å²) in [5, 5.41) is 26.2. The molecular weight excluding hydrogens is 230 g/mol. The molecule has 0 aliphatic rings. The van der Waals surface area contributed by atoms with Crippen molar-refractivity contribution < 1.29 is 5.11 Å². The van der Waals surface area contributed by atoms with Crippen molar-refractivity contribution in [1.29, 1.82) is 0 Å². The van der Waals surface area contributed by atoms with Gasteiger partial charge in [0.2, 0.25) is 0 Å². The van der Waals surface area contributed by atoms with Crippen LogP contribution in [0.5, 0.6) is 0 Å². The molecule has 0 aliphatic carbocycles. The molecule has 2 rings (SSSR count). The highest BCUT2D eigenvalue weighted by molar-refractivity contribution is 5.24. The largest absolute Gasteiger partial charge is 0.388 e. The molecule has 0 aromatic carbocycles. The van der Waals surface area contributed by atoms with E-state index in [0.717, 1.165) is 29.1 Å². The van der Waals surface area contributed by atoms with Crippen LogP contribution in [0.4, 0.5) is 0 Å². The Morgan fingerprint density at radius 3 is 2.72 bits per heavy atom. The zero-order valence-electron chi connectivity index (χ0n) is 10.8. The quantitative estimate of drug-likeness (QED) is 0.862. The van der Waals surface area contributed by atoms with Crippen molar-refractivity contribution in [2.75, 3.05) is 0 Å². The van der Waals surface area contributed by atoms with Gasteiger partial charge in [-0.2, -0.15) is 10.2 Å². The third-order valence-electron chi connectivity index (χ3n) is 2.77. The molecule has 2 aromatic rings. The van der Waals surface area contributed by atoms with Crippen LogP contribution in [-0.2, 0) is 19.9 Å². The molecule has 0 saturated heterocycles. The molecule has 2 aromatic heterocycles. The highest BCUT2D eigenvalue weighted by atomic mass is 16.3. The fraction of sp³-hybridized carbons (Fsp3) is 0.500. The second-order valence-electron chi connectivity index (χ2n) is 4.34. The first-order chi connectivity index (χ1) is 8.60. The van der Waals surface area contributed by atoms with Crippen molar-refractivity contribution in [2.45, 2.75) is 32.8 Å². The van der Waals surface area contributed by atoms with Gasteiger partial charge in [0.05, 0.1) is 23.2 Å². The molecule has 0 spiro atoms. The lowest BCUT2D eigenvalue weighted by Crippen LogP contribution is -2.09. The molecule has 1 unspecified atom stereocenters. The molecular formula is C12H17N5O. The van der Waals surface area contributed by atoms with Crippen LogP contribution in [0.3, 0.4) is 0 Å². The predicted molar refractivity (Wildman–Crippen MR) is 65.8 cm³/mol. The van der Waals surface area contributed by atoms with Gasteiger partial charge < -0.3 is 5.11 Å². The summed E-state index contributed by atoms with van der Waals surface area (Å²) in [6, 6.07) is 1.88. The highest BCUT2D eigenvalue weighted by Gasteiger charge is 2.16. The van der Waals surface area contributed by atoms with Crippen LogP contribution in [0.2, 0.25) is 0 Å². The molecule has 0 saturated carbocycles. The minimum absolute atomic E-state index is 0.436. The summed E-state index contributed by atoms with van der Waals surface area (Å²) in [6.45, 7) is 3.86. The molecule has 1 N–H and O–H groups in total. The first kappa shape index (κ1) is 12.6. The monoisotopic (exact) mass is 247 g/mol. The number of rotatable bonds is 4. The predicted octanol–water partition coefficient (Wildman–Crippen LogP) is 0.752. The second kappa shape index (κ2) is 5.22. The Bertz CT molecular complexity index is 537. The van der Waals surface area contributed by atoms with E-state index in [4.69, 9.17) is 0 Å². The molecule has 0 aliphatic heterocycles. The average molecular weight is 247 g/mol. The maximum absolute atomic E-state index is 10.3. The van der Waals surface area contributed by atoms with Crippen LogP contribution < -0.4 is 0 Å². The lowest BCUT2D eigenvalue weighted by Gasteiger charge is -2.12. The Morgan fingerprint density at radius 1 is 1.33 bits per heavy atom. The SMILES string of the molecule is CCc1nnc(C)cc1C(O)Cc1cn(C)nn1. The van der Waals surface area contributed by atoms with Crippen LogP contribution in [-0.4, -0.2) is 30.3 Å². The number of hydrogen-bond donors (Lipinski definition) is 1. The first-order valence-electron chi connectivity index (χ1n) is 5.96. The van der Waals surface area contributed by atoms with Crippen LogP contribution in [0.15, 0.2) is 12.3 Å². The third kappa shape index (κ3) is 2.70. The maximum atomic E-state index is 10.3. The second-order valence-corrected chi connectivity index (χ2v) is 4.34. The average Bonchev–Trinajstić information content (AvgIpc) is 2.74. The fourth-order valence-corrected chi connectivity index (χ4v) is 1.89. The number of aliphatic hydroxyl groups is 1. The Labute approximate surface area is 106 Å². The van der Waals surface area contributed by atoms with E-state index in [0.29, 0.717) is 6.42 Å². The van der Waals surface area contributed by atoms with Crippen LogP contribution in [0.25, 0.3) is 0 Å². The van der Waals surface area contributed by atoms with Gasteiger partial charge in [0.25, 0.3) is 0 Å². The summed E-state index contributed by atoms with van der Waals surface area (Å²) < 4.78 is 1.62. The summed E-state index contributed by atoms with van der Waals surface area (Å²) in [4.78, 5) is 0. The Morgan fingerprint density at radius 2 is 2.11 bits per heavy atom. The Kier molecular flexibility index (Phi) is 3.66. The molecule has 18 heavy (non-hydrogen) atoms. The van der Waals surface area contributed by atoms with Gasteiger partial charge in [0.1, 0.15) is 0 Å². The van der Waals surface area contributed by atoms with E-state index < -0.39 is 6.10 Å². The van der Waals surface area contributed by atoms with Crippen molar-refractivity contribution in [3.8, 4) is 0 Å². The van der Waals surface area contributed by atoms with Crippen LogP contribution in [0.1, 0.15) is 35.7 Å². The number of aromatic nitrogens is 5. The lowest BCUT2D eigenvalue weighted by atomic mass is 10.0. The molecule has 1 atom stereocenters. The third-order valence-corrected chi connectivity index (χ3v) is 2.77. The lowest BCUT2D eigenvalue weighted by molar-refractivity contribution is 0.175. The van der Waals surface area contributed by atoms with Crippen molar-refractivity contribution in [1.82, 2.24) is 25.2 Å². The van der Waals surface area contributed by atoms with E-state index in [1.807, 2.05) is 19.9 Å². The van der Waals surface area contributed by atoms with Gasteiger partial charge in [-0.3, -0.25) is 4.68 Å². The molecule has 0 fully saturated rings. The molecule has 96 valence electrons. The number of nitrogens with zero attached hydrogens (tertiary/aromatic N) is 5. The highest BCUT2D eigenvalue weighted by Crippen LogP contribution is 2.20. The normalized spacial score (nSPS) is 12.7. The van der Waals surface area contributed by atoms with E-state index in [1.54, 1.807) is 17.9 Å². The van der Waals surface area contributed by atoms with E-state index in [9.17, 15) is 5.11 Å². The van der Waals surface area contributed by atoms with Gasteiger partial charge in [0.15, 0.2) is 0 Å². The van der Waals surface area contributed by atoms with Gasteiger partial charge in [-0.1, -0.05) is 12.1 Å². The van der Waals surface area contributed by atoms with Crippen molar-refractivity contribution in [2.24, 2.45) is 7.05 Å². The van der Waals surface area contributed by atoms with Gasteiger partial charge in [-0.15, -0.1) is 5.10 Å². The van der Waals surface area contributed by atoms with Gasteiger partial charge in [-0.25, -0.2) is 0 Å². The van der Waals surface area contributed by atoms with Crippen LogP contribution in [0, 0.1) is 6.92 Å². The minimum atomic E-state index is -0.620. The number of aliphatic hydroxyl groups excluding tert-OH is 1. The van der Waals surface area contributed by atoms with E-state index in [1.165, 1.54) is 0 Å². The molecule has 6 nitrogen and oxygen atoms in total. The smallest absolute Gasteiger partial charge is 0.0865 e. The fourth-order valence-electron chi connectivity index (χ4n) is 1.89. The molecule has 2 heterocycles. The minimum Gasteiger partial charge on any atom is -0.388 e. The Balaban J connectivity index is 2.22. The van der Waals surface area contributed by atoms with Crippen molar-refractivity contribution >= 4 is 0 Å². The van der Waals surface area contributed by atoms with Crippen molar-refractivity contribution in [3.63, 3.8) is 0 Å². The zero-order valence-corrected chi connectivity index (χ0v) is 10.8. The molecule has 6 heteroatoms. The van der Waals surface area contributed by atoms with E-state index in [2.05, 4.69) is 20.5 Å². The number of hydrogen-bond acceptors (Lipinski definition) is 5. The van der Waals surface area contributed by atoms with E-state index in [-0.39, 0.29) is 0 Å². The maximum Gasteiger partial charge on any atom is 0.0865 e. The summed E-state index contributed by atoms with van der Waals surface area (Å²) in [5.74, 6) is 0. The number of aryl methyl sites for hydroxylation is 3. The first-order valence-corrected chi connectivity index (χ1v) is 5.96. The van der Waals surface area contributed by atoms with Gasteiger partial charge in [-0.05, 0) is 19.4 Å². The molecule has 0 bridgehead atoms. The van der Waals surface area contributed by atoms with Crippen molar-refractivity contribution in [3.05, 3.63) is 34.9 Å². The Hall–Kier alpha value is -1.82.